The monoisotopic (exact) mass is 412 g/mol. The third-order valence-electron chi connectivity index (χ3n) is 4.97. The van der Waals surface area contributed by atoms with Gasteiger partial charge in [-0.25, -0.2) is 0 Å². The molecule has 162 valence electrons. The highest BCUT2D eigenvalue weighted by Gasteiger charge is 2.18. The topological polar surface area (TPSA) is 107 Å². The molecule has 1 aliphatic heterocycles. The Morgan fingerprint density at radius 3 is 2.70 bits per heavy atom. The number of nitrogens with one attached hydrogen (secondary N) is 4. The fourth-order valence-corrected chi connectivity index (χ4v) is 3.41. The third-order valence-corrected chi connectivity index (χ3v) is 4.97. The summed E-state index contributed by atoms with van der Waals surface area (Å²) < 4.78 is 0. The summed E-state index contributed by atoms with van der Waals surface area (Å²) in [4.78, 5) is 27.9. The molecule has 0 bridgehead atoms. The summed E-state index contributed by atoms with van der Waals surface area (Å²) in [6, 6.07) is 5.81. The predicted octanol–water partition coefficient (Wildman–Crippen LogP) is 2.15. The van der Waals surface area contributed by atoms with Crippen molar-refractivity contribution in [1.82, 2.24) is 25.6 Å². The molecule has 2 aromatic rings. The molecule has 1 aromatic heterocycles. The molecule has 1 atom stereocenters. The summed E-state index contributed by atoms with van der Waals surface area (Å²) in [6.07, 6.45) is 1.03. The first-order valence-electron chi connectivity index (χ1n) is 10.4. The maximum absolute atomic E-state index is 12.0. The highest BCUT2D eigenvalue weighted by atomic mass is 16.1. The van der Waals surface area contributed by atoms with Gasteiger partial charge >= 0.3 is 0 Å². The number of nitrogens with zero attached hydrogens (tertiary/aromatic N) is 4. The summed E-state index contributed by atoms with van der Waals surface area (Å²) >= 11 is 0. The highest BCUT2D eigenvalue weighted by molar-refractivity contribution is 5.95. The van der Waals surface area contributed by atoms with Crippen LogP contribution in [0.4, 0.5) is 23.5 Å². The molecule has 0 saturated carbocycles. The van der Waals surface area contributed by atoms with Gasteiger partial charge in [0.15, 0.2) is 0 Å². The lowest BCUT2D eigenvalue weighted by molar-refractivity contribution is 0.0963. The maximum atomic E-state index is 12.0. The lowest BCUT2D eigenvalue weighted by Crippen LogP contribution is -2.27. The van der Waals surface area contributed by atoms with Crippen molar-refractivity contribution in [3.05, 3.63) is 29.3 Å². The van der Waals surface area contributed by atoms with Gasteiger partial charge in [0.1, 0.15) is 0 Å². The molecule has 0 aliphatic carbocycles. The second-order valence-corrected chi connectivity index (χ2v) is 8.12. The summed E-state index contributed by atoms with van der Waals surface area (Å²) in [5, 5.41) is 12.7. The van der Waals surface area contributed by atoms with Gasteiger partial charge in [0.25, 0.3) is 5.91 Å². The molecule has 1 aliphatic rings. The van der Waals surface area contributed by atoms with Crippen LogP contribution in [0.5, 0.6) is 0 Å². The second kappa shape index (κ2) is 9.71. The van der Waals surface area contributed by atoms with E-state index in [9.17, 15) is 4.79 Å². The summed E-state index contributed by atoms with van der Waals surface area (Å²) in [7, 11) is 3.60. The van der Waals surface area contributed by atoms with Crippen LogP contribution in [0, 0.1) is 12.8 Å². The quantitative estimate of drug-likeness (QED) is 0.523. The van der Waals surface area contributed by atoms with E-state index < -0.39 is 0 Å². The van der Waals surface area contributed by atoms with Crippen molar-refractivity contribution >= 4 is 29.4 Å². The number of carbonyl (C=O) groups excluding carboxylic acids is 1. The molecule has 9 heteroatoms. The molecular formula is C21H32N8O. The number of benzene rings is 1. The van der Waals surface area contributed by atoms with Crippen LogP contribution in [-0.2, 0) is 0 Å². The van der Waals surface area contributed by atoms with Crippen molar-refractivity contribution in [1.29, 1.82) is 0 Å². The number of aryl methyl sites for hydroxylation is 1. The zero-order chi connectivity index (χ0) is 21.7. The van der Waals surface area contributed by atoms with Crippen LogP contribution in [0.1, 0.15) is 36.2 Å². The molecule has 0 radical (unpaired) electrons. The van der Waals surface area contributed by atoms with Crippen molar-refractivity contribution in [2.24, 2.45) is 5.92 Å². The Morgan fingerprint density at radius 2 is 2.03 bits per heavy atom. The number of amides is 1. The Hall–Kier alpha value is -2.94. The SMILES string of the molecule is CNC(=O)c1ccc(C)c(Nc2nc(N[C@H]3CCNC3)nc(N(C)CC(C)C)n2)c1. The zero-order valence-electron chi connectivity index (χ0n) is 18.4. The van der Waals surface area contributed by atoms with Gasteiger partial charge in [-0.1, -0.05) is 19.9 Å². The smallest absolute Gasteiger partial charge is 0.251 e. The van der Waals surface area contributed by atoms with Gasteiger partial charge in [0.2, 0.25) is 17.8 Å². The zero-order valence-corrected chi connectivity index (χ0v) is 18.4. The van der Waals surface area contributed by atoms with Gasteiger partial charge in [-0.3, -0.25) is 4.79 Å². The van der Waals surface area contributed by atoms with Gasteiger partial charge in [-0.2, -0.15) is 15.0 Å². The van der Waals surface area contributed by atoms with E-state index in [1.165, 1.54) is 0 Å². The number of hydrogen-bond donors (Lipinski definition) is 4. The van der Waals surface area contributed by atoms with Crippen LogP contribution < -0.4 is 26.2 Å². The van der Waals surface area contributed by atoms with Gasteiger partial charge in [0, 0.05) is 44.5 Å². The standard InChI is InChI=1S/C21H32N8O/c1-13(2)12-29(5)21-27-19(24-16-8-9-23-11-16)26-20(28-21)25-17-10-15(18(30)22-4)7-6-14(17)3/h6-7,10,13,16,23H,8-9,11-12H2,1-5H3,(H,22,30)(H2,24,25,26,27,28)/t16-/m0/s1. The normalized spacial score (nSPS) is 15.9. The number of hydrogen-bond acceptors (Lipinski definition) is 8. The average Bonchev–Trinajstić information content (AvgIpc) is 3.21. The van der Waals surface area contributed by atoms with Crippen LogP contribution in [0.25, 0.3) is 0 Å². The Labute approximate surface area is 178 Å². The van der Waals surface area contributed by atoms with Gasteiger partial charge in [0.05, 0.1) is 0 Å². The minimum atomic E-state index is -0.137. The summed E-state index contributed by atoms with van der Waals surface area (Å²) in [5.74, 6) is 1.94. The molecule has 2 heterocycles. The molecular weight excluding hydrogens is 380 g/mol. The molecule has 1 fully saturated rings. The lowest BCUT2D eigenvalue weighted by atomic mass is 10.1. The largest absolute Gasteiger partial charge is 0.355 e. The van der Waals surface area contributed by atoms with E-state index in [4.69, 9.17) is 0 Å². The van der Waals surface area contributed by atoms with Crippen molar-refractivity contribution in [2.75, 3.05) is 49.3 Å². The molecule has 3 rings (SSSR count). The number of carbonyl (C=O) groups is 1. The van der Waals surface area contributed by atoms with E-state index in [-0.39, 0.29) is 5.91 Å². The first-order chi connectivity index (χ1) is 14.4. The van der Waals surface area contributed by atoms with Crippen LogP contribution in [0.2, 0.25) is 0 Å². The Morgan fingerprint density at radius 1 is 1.27 bits per heavy atom. The molecule has 1 aromatic carbocycles. The molecule has 4 N–H and O–H groups in total. The Bertz CT molecular complexity index is 879. The van der Waals surface area contributed by atoms with Crippen LogP contribution in [0.15, 0.2) is 18.2 Å². The van der Waals surface area contributed by atoms with E-state index in [0.717, 1.165) is 37.3 Å². The van der Waals surface area contributed by atoms with Gasteiger partial charge < -0.3 is 26.2 Å². The fourth-order valence-electron chi connectivity index (χ4n) is 3.41. The first-order valence-corrected chi connectivity index (χ1v) is 10.4. The first kappa shape index (κ1) is 21.8. The molecule has 0 unspecified atom stereocenters. The second-order valence-electron chi connectivity index (χ2n) is 8.12. The minimum absolute atomic E-state index is 0.137. The van der Waals surface area contributed by atoms with E-state index >= 15 is 0 Å². The maximum Gasteiger partial charge on any atom is 0.251 e. The van der Waals surface area contributed by atoms with Crippen molar-refractivity contribution in [3.63, 3.8) is 0 Å². The van der Waals surface area contributed by atoms with Crippen LogP contribution >= 0.6 is 0 Å². The summed E-state index contributed by atoms with van der Waals surface area (Å²) in [6.45, 7) is 9.01. The molecule has 1 saturated heterocycles. The fraction of sp³-hybridized carbons (Fsp3) is 0.524. The van der Waals surface area contributed by atoms with E-state index in [1.54, 1.807) is 13.1 Å². The predicted molar refractivity (Wildman–Crippen MR) is 121 cm³/mol. The summed E-state index contributed by atoms with van der Waals surface area (Å²) in [5.41, 5.74) is 2.36. The minimum Gasteiger partial charge on any atom is -0.355 e. The number of rotatable bonds is 8. The van der Waals surface area contributed by atoms with Crippen molar-refractivity contribution in [2.45, 2.75) is 33.2 Å². The van der Waals surface area contributed by atoms with Crippen molar-refractivity contribution in [3.8, 4) is 0 Å². The lowest BCUT2D eigenvalue weighted by Gasteiger charge is -2.21. The average molecular weight is 413 g/mol. The van der Waals surface area contributed by atoms with Gasteiger partial charge in [-0.15, -0.1) is 0 Å². The molecule has 9 nitrogen and oxygen atoms in total. The molecule has 1 amide bonds. The van der Waals surface area contributed by atoms with E-state index in [2.05, 4.69) is 50.1 Å². The Kier molecular flexibility index (Phi) is 7.04. The Balaban J connectivity index is 1.91. The van der Waals surface area contributed by atoms with Crippen LogP contribution in [-0.4, -0.2) is 60.6 Å². The molecule has 0 spiro atoms. The van der Waals surface area contributed by atoms with Crippen LogP contribution in [0.3, 0.4) is 0 Å². The van der Waals surface area contributed by atoms with Gasteiger partial charge in [-0.05, 0) is 43.5 Å². The number of aromatic nitrogens is 3. The molecule has 30 heavy (non-hydrogen) atoms. The third kappa shape index (κ3) is 5.56. The van der Waals surface area contributed by atoms with E-state index in [0.29, 0.717) is 35.4 Å². The highest BCUT2D eigenvalue weighted by Crippen LogP contribution is 2.23. The van der Waals surface area contributed by atoms with E-state index in [1.807, 2.05) is 31.0 Å². The number of anilines is 4. The van der Waals surface area contributed by atoms with Crippen molar-refractivity contribution < 1.29 is 4.79 Å².